The van der Waals surface area contributed by atoms with Crippen LogP contribution in [0.1, 0.15) is 5.56 Å². The molecule has 0 bridgehead atoms. The monoisotopic (exact) mass is 327 g/mol. The van der Waals surface area contributed by atoms with E-state index >= 15 is 0 Å². The molecule has 0 atom stereocenters. The highest BCUT2D eigenvalue weighted by Gasteiger charge is 2.27. The molecule has 0 spiro atoms. The molecule has 0 saturated heterocycles. The van der Waals surface area contributed by atoms with Crippen LogP contribution in [0, 0.1) is 5.82 Å². The zero-order valence-electron chi connectivity index (χ0n) is 11.0. The summed E-state index contributed by atoms with van der Waals surface area (Å²) in [5.74, 6) is -0.0973. The van der Waals surface area contributed by atoms with E-state index in [9.17, 15) is 12.8 Å². The summed E-state index contributed by atoms with van der Waals surface area (Å²) in [5.41, 5.74) is 0.988. The predicted octanol–water partition coefficient (Wildman–Crippen LogP) is 2.37. The lowest BCUT2D eigenvalue weighted by molar-refractivity contribution is 0.596. The van der Waals surface area contributed by atoms with Gasteiger partial charge in [0.15, 0.2) is 9.84 Å². The van der Waals surface area contributed by atoms with E-state index in [1.165, 1.54) is 12.4 Å². The topological polar surface area (TPSA) is 63.2 Å². The average molecular weight is 328 g/mol. The molecule has 110 valence electrons. The molecule has 0 aliphatic carbocycles. The molecule has 21 heavy (non-hydrogen) atoms. The van der Waals surface area contributed by atoms with E-state index in [0.717, 1.165) is 12.3 Å². The molecule has 0 unspecified atom stereocenters. The first kappa shape index (κ1) is 14.2. The van der Waals surface area contributed by atoms with Gasteiger partial charge in [-0.05, 0) is 24.1 Å². The number of hydrogen-bond donors (Lipinski definition) is 0. The van der Waals surface area contributed by atoms with E-state index < -0.39 is 15.7 Å². The molecule has 8 heteroatoms. The molecule has 3 rings (SSSR count). The van der Waals surface area contributed by atoms with Crippen molar-refractivity contribution >= 4 is 32.9 Å². The number of benzene rings is 1. The van der Waals surface area contributed by atoms with Crippen LogP contribution >= 0.6 is 11.6 Å². The zero-order chi connectivity index (χ0) is 15.2. The van der Waals surface area contributed by atoms with Gasteiger partial charge in [0.05, 0.1) is 10.6 Å². The third kappa shape index (κ3) is 2.58. The van der Waals surface area contributed by atoms with Crippen LogP contribution in [-0.2, 0) is 16.3 Å². The zero-order valence-corrected chi connectivity index (χ0v) is 12.6. The molecule has 0 radical (unpaired) electrons. The van der Waals surface area contributed by atoms with Gasteiger partial charge in [-0.3, -0.25) is 0 Å². The average Bonchev–Trinajstić information content (AvgIpc) is 2.82. The minimum absolute atomic E-state index is 0.0127. The summed E-state index contributed by atoms with van der Waals surface area (Å²) in [4.78, 5) is 9.53. The molecule has 1 aromatic heterocycles. The summed E-state index contributed by atoms with van der Waals surface area (Å²) >= 11 is 5.82. The van der Waals surface area contributed by atoms with Crippen LogP contribution in [0.2, 0.25) is 5.15 Å². The minimum Gasteiger partial charge on any atom is -0.323 e. The Kier molecular flexibility index (Phi) is 3.33. The second-order valence-corrected chi connectivity index (χ2v) is 7.19. The van der Waals surface area contributed by atoms with Gasteiger partial charge in [0.2, 0.25) is 0 Å². The lowest BCUT2D eigenvalue weighted by Gasteiger charge is -2.19. The van der Waals surface area contributed by atoms with Crippen molar-refractivity contribution in [3.63, 3.8) is 0 Å². The molecule has 1 aliphatic rings. The Bertz CT molecular complexity index is 826. The van der Waals surface area contributed by atoms with Crippen LogP contribution in [-0.4, -0.2) is 31.2 Å². The third-order valence-electron chi connectivity index (χ3n) is 3.31. The Morgan fingerprint density at radius 1 is 1.29 bits per heavy atom. The maximum Gasteiger partial charge on any atom is 0.175 e. The fourth-order valence-electron chi connectivity index (χ4n) is 2.38. The van der Waals surface area contributed by atoms with Crippen LogP contribution in [0.5, 0.6) is 0 Å². The molecular formula is C13H11ClFN3O2S. The number of hydrogen-bond acceptors (Lipinski definition) is 5. The van der Waals surface area contributed by atoms with Crippen molar-refractivity contribution < 1.29 is 12.8 Å². The summed E-state index contributed by atoms with van der Waals surface area (Å²) in [7, 11) is -3.44. The number of fused-ring (bicyclic) bond motifs is 1. The van der Waals surface area contributed by atoms with Crippen molar-refractivity contribution in [1.82, 2.24) is 9.97 Å². The third-order valence-corrected chi connectivity index (χ3v) is 4.61. The quantitative estimate of drug-likeness (QED) is 0.792. The molecule has 0 N–H and O–H groups in total. The van der Waals surface area contributed by atoms with Gasteiger partial charge < -0.3 is 4.90 Å². The van der Waals surface area contributed by atoms with Crippen LogP contribution < -0.4 is 4.90 Å². The standard InChI is InChI=1S/C13H11ClFN3O2S/c1-21(19,20)9-4-8-2-3-18(13(8)10(15)5-9)12-6-11(14)16-7-17-12/h4-7H,2-3H2,1H3. The number of rotatable bonds is 2. The molecule has 0 saturated carbocycles. The number of sulfone groups is 1. The lowest BCUT2D eigenvalue weighted by atomic mass is 10.1. The maximum atomic E-state index is 14.3. The highest BCUT2D eigenvalue weighted by Crippen LogP contribution is 2.37. The second-order valence-electron chi connectivity index (χ2n) is 4.79. The molecule has 0 amide bonds. The van der Waals surface area contributed by atoms with Gasteiger partial charge in [0.1, 0.15) is 23.1 Å². The van der Waals surface area contributed by atoms with Crippen molar-refractivity contribution in [3.8, 4) is 0 Å². The van der Waals surface area contributed by atoms with E-state index in [2.05, 4.69) is 9.97 Å². The molecule has 1 aliphatic heterocycles. The van der Waals surface area contributed by atoms with Crippen molar-refractivity contribution in [2.75, 3.05) is 17.7 Å². The van der Waals surface area contributed by atoms with E-state index in [0.29, 0.717) is 30.0 Å². The molecular weight excluding hydrogens is 317 g/mol. The Morgan fingerprint density at radius 3 is 2.71 bits per heavy atom. The molecule has 1 aromatic carbocycles. The normalized spacial score (nSPS) is 14.3. The van der Waals surface area contributed by atoms with E-state index in [1.54, 1.807) is 11.0 Å². The fourth-order valence-corrected chi connectivity index (χ4v) is 3.20. The summed E-state index contributed by atoms with van der Waals surface area (Å²) in [6.07, 6.45) is 2.90. The van der Waals surface area contributed by atoms with Gasteiger partial charge in [-0.15, -0.1) is 0 Å². The number of nitrogens with zero attached hydrogens (tertiary/aromatic N) is 3. The van der Waals surface area contributed by atoms with Gasteiger partial charge in [-0.2, -0.15) is 0 Å². The van der Waals surface area contributed by atoms with Crippen molar-refractivity contribution in [1.29, 1.82) is 0 Å². The number of anilines is 2. The highest BCUT2D eigenvalue weighted by molar-refractivity contribution is 7.90. The van der Waals surface area contributed by atoms with Gasteiger partial charge in [0.25, 0.3) is 0 Å². The lowest BCUT2D eigenvalue weighted by Crippen LogP contribution is -2.16. The summed E-state index contributed by atoms with van der Waals surface area (Å²) in [5, 5.41) is 0.265. The van der Waals surface area contributed by atoms with Crippen molar-refractivity contribution in [3.05, 3.63) is 41.1 Å². The van der Waals surface area contributed by atoms with E-state index in [4.69, 9.17) is 11.6 Å². The maximum absolute atomic E-state index is 14.3. The molecule has 5 nitrogen and oxygen atoms in total. The predicted molar refractivity (Wildman–Crippen MR) is 77.3 cm³/mol. The highest BCUT2D eigenvalue weighted by atomic mass is 35.5. The Labute approximate surface area is 126 Å². The first-order valence-corrected chi connectivity index (χ1v) is 8.41. The summed E-state index contributed by atoms with van der Waals surface area (Å²) in [6.45, 7) is 0.507. The van der Waals surface area contributed by atoms with Crippen LogP contribution in [0.4, 0.5) is 15.9 Å². The van der Waals surface area contributed by atoms with Crippen LogP contribution in [0.15, 0.2) is 29.4 Å². The number of aromatic nitrogens is 2. The van der Waals surface area contributed by atoms with Gasteiger partial charge in [0, 0.05) is 18.9 Å². The summed E-state index contributed by atoms with van der Waals surface area (Å²) in [6, 6.07) is 4.09. The first-order valence-electron chi connectivity index (χ1n) is 6.14. The Hall–Kier alpha value is -1.73. The summed E-state index contributed by atoms with van der Waals surface area (Å²) < 4.78 is 37.5. The smallest absolute Gasteiger partial charge is 0.175 e. The van der Waals surface area contributed by atoms with Gasteiger partial charge in [-0.25, -0.2) is 22.8 Å². The Balaban J connectivity index is 2.11. The van der Waals surface area contributed by atoms with Crippen molar-refractivity contribution in [2.45, 2.75) is 11.3 Å². The van der Waals surface area contributed by atoms with Gasteiger partial charge in [-0.1, -0.05) is 11.6 Å². The van der Waals surface area contributed by atoms with E-state index in [1.807, 2.05) is 0 Å². The SMILES string of the molecule is CS(=O)(=O)c1cc(F)c2c(c1)CCN2c1cc(Cl)ncn1. The largest absolute Gasteiger partial charge is 0.323 e. The van der Waals surface area contributed by atoms with Crippen LogP contribution in [0.25, 0.3) is 0 Å². The van der Waals surface area contributed by atoms with Crippen LogP contribution in [0.3, 0.4) is 0 Å². The second kappa shape index (κ2) is 4.92. The molecule has 2 aromatic rings. The van der Waals surface area contributed by atoms with Crippen molar-refractivity contribution in [2.24, 2.45) is 0 Å². The fraction of sp³-hybridized carbons (Fsp3) is 0.231. The molecule has 0 fully saturated rings. The van der Waals surface area contributed by atoms with Gasteiger partial charge >= 0.3 is 0 Å². The minimum atomic E-state index is -3.44. The first-order chi connectivity index (χ1) is 9.86. The number of halogens is 2. The molecule has 2 heterocycles. The Morgan fingerprint density at radius 2 is 2.05 bits per heavy atom. The van der Waals surface area contributed by atoms with E-state index in [-0.39, 0.29) is 10.0 Å².